The van der Waals surface area contributed by atoms with Crippen molar-refractivity contribution in [2.75, 3.05) is 0 Å². The molecule has 0 aromatic heterocycles. The summed E-state index contributed by atoms with van der Waals surface area (Å²) in [6.45, 7) is 0. The van der Waals surface area contributed by atoms with E-state index >= 15 is 0 Å². The minimum Gasteiger partial charge on any atom is -0.489 e. The van der Waals surface area contributed by atoms with Gasteiger partial charge in [-0.05, 0) is 12.1 Å². The Bertz CT molecular complexity index is 593. The molecule has 21 heavy (non-hydrogen) atoms. The number of ether oxygens (including phenoxy) is 1. The van der Waals surface area contributed by atoms with Crippen LogP contribution >= 0.6 is 0 Å². The zero-order valence-corrected chi connectivity index (χ0v) is 11.2. The highest BCUT2D eigenvalue weighted by atomic mass is 16.5. The molecule has 1 heterocycles. The van der Waals surface area contributed by atoms with E-state index in [2.05, 4.69) is 16.4 Å². The summed E-state index contributed by atoms with van der Waals surface area (Å²) in [6.07, 6.45) is -0.516. The number of benzene rings is 1. The lowest BCUT2D eigenvalue weighted by molar-refractivity contribution is -0.137. The lowest BCUT2D eigenvalue weighted by Gasteiger charge is -2.39. The normalized spacial score (nSPS) is 41.2. The highest BCUT2D eigenvalue weighted by molar-refractivity contribution is 6.42. The van der Waals surface area contributed by atoms with Crippen LogP contribution in [0.2, 0.25) is 0 Å². The SMILES string of the molecule is NC1C2NNNC2C2C(=O)C(=O)C1C2Oc1ccccc1. The number of Topliss-reactive ketones (excluding diaryl/α,β-unsaturated/α-hetero) is 2. The lowest BCUT2D eigenvalue weighted by Crippen LogP contribution is -2.63. The summed E-state index contributed by atoms with van der Waals surface area (Å²) in [5.41, 5.74) is 15.0. The van der Waals surface area contributed by atoms with E-state index in [1.54, 1.807) is 0 Å². The predicted molar refractivity (Wildman–Crippen MR) is 72.8 cm³/mol. The molecule has 3 fully saturated rings. The third-order valence-electron chi connectivity index (χ3n) is 4.65. The second-order valence-electron chi connectivity index (χ2n) is 5.72. The number of hydrogen-bond donors (Lipinski definition) is 4. The van der Waals surface area contributed by atoms with Crippen molar-refractivity contribution in [3.05, 3.63) is 30.3 Å². The van der Waals surface area contributed by atoms with Gasteiger partial charge in [0.05, 0.1) is 23.9 Å². The Morgan fingerprint density at radius 1 is 0.952 bits per heavy atom. The number of rotatable bonds is 2. The van der Waals surface area contributed by atoms with Crippen molar-refractivity contribution in [3.63, 3.8) is 0 Å². The van der Waals surface area contributed by atoms with E-state index in [-0.39, 0.29) is 17.9 Å². The molecule has 7 nitrogen and oxygen atoms in total. The topological polar surface area (TPSA) is 105 Å². The van der Waals surface area contributed by atoms with E-state index < -0.39 is 29.8 Å². The van der Waals surface area contributed by atoms with Gasteiger partial charge < -0.3 is 10.5 Å². The van der Waals surface area contributed by atoms with Gasteiger partial charge in [0.15, 0.2) is 0 Å². The second kappa shape index (κ2) is 4.60. The lowest BCUT2D eigenvalue weighted by atomic mass is 9.76. The molecule has 1 aromatic carbocycles. The zero-order chi connectivity index (χ0) is 14.6. The summed E-state index contributed by atoms with van der Waals surface area (Å²) in [6, 6.07) is 8.32. The Morgan fingerprint density at radius 2 is 1.62 bits per heavy atom. The summed E-state index contributed by atoms with van der Waals surface area (Å²) in [5, 5.41) is 0. The van der Waals surface area contributed by atoms with Gasteiger partial charge in [0.2, 0.25) is 11.6 Å². The number of nitrogens with two attached hydrogens (primary N) is 1. The molecular weight excluding hydrogens is 272 g/mol. The van der Waals surface area contributed by atoms with Crippen molar-refractivity contribution in [2.45, 2.75) is 24.2 Å². The van der Waals surface area contributed by atoms with Crippen LogP contribution in [0, 0.1) is 11.8 Å². The first-order valence-electron chi connectivity index (χ1n) is 7.00. The molecule has 1 aromatic rings. The molecule has 0 amide bonds. The standard InChI is InChI=1S/C14H16N4O3/c15-9-7-12(19)13(20)8(10-11(9)17-18-16-10)14(7)21-6-4-2-1-3-5-6/h1-5,7-11,14,16-18H,15H2. The number of hydrogen-bond acceptors (Lipinski definition) is 7. The van der Waals surface area contributed by atoms with Crippen molar-refractivity contribution in [1.82, 2.24) is 16.4 Å². The average molecular weight is 288 g/mol. The highest BCUT2D eigenvalue weighted by Crippen LogP contribution is 2.40. The van der Waals surface area contributed by atoms with Crippen molar-refractivity contribution in [2.24, 2.45) is 17.6 Å². The third kappa shape index (κ3) is 1.75. The molecule has 1 saturated heterocycles. The van der Waals surface area contributed by atoms with Crippen LogP contribution in [0.4, 0.5) is 0 Å². The summed E-state index contributed by atoms with van der Waals surface area (Å²) in [7, 11) is 0. The molecule has 0 radical (unpaired) electrons. The van der Waals surface area contributed by atoms with E-state index in [0.29, 0.717) is 5.75 Å². The highest BCUT2D eigenvalue weighted by Gasteiger charge is 2.64. The predicted octanol–water partition coefficient (Wildman–Crippen LogP) is -1.49. The Morgan fingerprint density at radius 3 is 2.38 bits per heavy atom. The van der Waals surface area contributed by atoms with Gasteiger partial charge in [-0.1, -0.05) is 18.2 Å². The molecular formula is C14H16N4O3. The summed E-state index contributed by atoms with van der Waals surface area (Å²) in [5.74, 6) is -1.27. The molecule has 2 saturated carbocycles. The minimum atomic E-state index is -0.599. The molecule has 0 spiro atoms. The van der Waals surface area contributed by atoms with Gasteiger partial charge in [-0.15, -0.1) is 0 Å². The van der Waals surface area contributed by atoms with Crippen LogP contribution in [-0.2, 0) is 9.59 Å². The number of hydrazine groups is 2. The molecule has 4 rings (SSSR count). The van der Waals surface area contributed by atoms with Crippen molar-refractivity contribution >= 4 is 11.6 Å². The summed E-state index contributed by atoms with van der Waals surface area (Å²) in [4.78, 5) is 24.5. The van der Waals surface area contributed by atoms with E-state index in [1.807, 2.05) is 30.3 Å². The van der Waals surface area contributed by atoms with Crippen LogP contribution in [0.3, 0.4) is 0 Å². The first kappa shape index (κ1) is 12.9. The fourth-order valence-electron chi connectivity index (χ4n) is 3.67. The monoisotopic (exact) mass is 288 g/mol. The van der Waals surface area contributed by atoms with Gasteiger partial charge >= 0.3 is 0 Å². The van der Waals surface area contributed by atoms with Crippen LogP contribution in [0.25, 0.3) is 0 Å². The summed E-state index contributed by atoms with van der Waals surface area (Å²) >= 11 is 0. The van der Waals surface area contributed by atoms with E-state index in [9.17, 15) is 9.59 Å². The molecule has 2 aliphatic carbocycles. The van der Waals surface area contributed by atoms with Crippen molar-refractivity contribution < 1.29 is 14.3 Å². The molecule has 2 bridgehead atoms. The van der Waals surface area contributed by atoms with Crippen LogP contribution in [0.5, 0.6) is 5.75 Å². The molecule has 110 valence electrons. The van der Waals surface area contributed by atoms with Crippen LogP contribution in [-0.4, -0.2) is 35.8 Å². The Labute approximate surface area is 121 Å². The second-order valence-corrected chi connectivity index (χ2v) is 5.72. The van der Waals surface area contributed by atoms with Gasteiger partial charge in [0.25, 0.3) is 0 Å². The smallest absolute Gasteiger partial charge is 0.207 e. The van der Waals surface area contributed by atoms with Crippen LogP contribution in [0.1, 0.15) is 0 Å². The number of ketones is 2. The maximum absolute atomic E-state index is 12.3. The van der Waals surface area contributed by atoms with Crippen LogP contribution < -0.4 is 26.9 Å². The Balaban J connectivity index is 1.70. The molecule has 7 heteroatoms. The minimum absolute atomic E-state index is 0.161. The van der Waals surface area contributed by atoms with E-state index in [4.69, 9.17) is 10.5 Å². The first-order valence-corrected chi connectivity index (χ1v) is 7.00. The van der Waals surface area contributed by atoms with Gasteiger partial charge in [-0.3, -0.25) is 9.59 Å². The number of para-hydroxylation sites is 1. The average Bonchev–Trinajstić information content (AvgIpc) is 3.03. The van der Waals surface area contributed by atoms with Crippen molar-refractivity contribution in [3.8, 4) is 5.75 Å². The molecule has 3 aliphatic rings. The van der Waals surface area contributed by atoms with Gasteiger partial charge in [0.1, 0.15) is 11.9 Å². The largest absolute Gasteiger partial charge is 0.489 e. The quantitative estimate of drug-likeness (QED) is 0.491. The Hall–Kier alpha value is -1.80. The molecule has 6 unspecified atom stereocenters. The number of carbonyl (C=O) groups excluding carboxylic acids is 2. The third-order valence-corrected chi connectivity index (χ3v) is 4.65. The summed E-state index contributed by atoms with van der Waals surface area (Å²) < 4.78 is 5.94. The van der Waals surface area contributed by atoms with E-state index in [1.165, 1.54) is 0 Å². The molecule has 6 atom stereocenters. The van der Waals surface area contributed by atoms with E-state index in [0.717, 1.165) is 0 Å². The van der Waals surface area contributed by atoms with Gasteiger partial charge in [-0.25, -0.2) is 10.9 Å². The van der Waals surface area contributed by atoms with Gasteiger partial charge in [0, 0.05) is 6.04 Å². The number of fused-ring (bicyclic) bond motifs is 4. The number of nitrogens with one attached hydrogen (secondary N) is 3. The number of carbonyl (C=O) groups is 2. The van der Waals surface area contributed by atoms with Crippen LogP contribution in [0.15, 0.2) is 30.3 Å². The van der Waals surface area contributed by atoms with Gasteiger partial charge in [-0.2, -0.15) is 5.53 Å². The zero-order valence-electron chi connectivity index (χ0n) is 11.2. The Kier molecular flexibility index (Phi) is 2.83. The molecule has 1 aliphatic heterocycles. The molecule has 5 N–H and O–H groups in total. The first-order chi connectivity index (χ1) is 10.2. The maximum Gasteiger partial charge on any atom is 0.207 e. The van der Waals surface area contributed by atoms with Crippen molar-refractivity contribution in [1.29, 1.82) is 0 Å². The maximum atomic E-state index is 12.3. The fourth-order valence-corrected chi connectivity index (χ4v) is 3.67. The fraction of sp³-hybridized carbons (Fsp3) is 0.429.